The van der Waals surface area contributed by atoms with E-state index in [1.807, 2.05) is 42.5 Å². The lowest BCUT2D eigenvalue weighted by Crippen LogP contribution is -2.36. The van der Waals surface area contributed by atoms with Crippen LogP contribution in [0.2, 0.25) is 0 Å². The van der Waals surface area contributed by atoms with Gasteiger partial charge in [-0.3, -0.25) is 9.69 Å². The number of hydrogen-bond acceptors (Lipinski definition) is 3. The summed E-state index contributed by atoms with van der Waals surface area (Å²) in [5.74, 6) is 0.0790. The molecular weight excluding hydrogens is 304 g/mol. The first kappa shape index (κ1) is 16.1. The molecule has 1 aliphatic heterocycles. The molecule has 0 saturated carbocycles. The van der Waals surface area contributed by atoms with E-state index in [4.69, 9.17) is 0 Å². The highest BCUT2D eigenvalue weighted by Crippen LogP contribution is 2.28. The minimum atomic E-state index is 0.0790. The van der Waals surface area contributed by atoms with Crippen molar-refractivity contribution in [2.24, 2.45) is 0 Å². The molecule has 23 heavy (non-hydrogen) atoms. The summed E-state index contributed by atoms with van der Waals surface area (Å²) in [6.07, 6.45) is 3.70. The Bertz CT molecular complexity index is 622. The normalized spacial score (nSPS) is 15.3. The second kappa shape index (κ2) is 8.18. The van der Waals surface area contributed by atoms with Crippen LogP contribution in [0.15, 0.2) is 64.4 Å². The second-order valence-corrected chi connectivity index (χ2v) is 6.97. The topological polar surface area (TPSA) is 32.3 Å². The van der Waals surface area contributed by atoms with Crippen molar-refractivity contribution in [3.8, 4) is 0 Å². The van der Waals surface area contributed by atoms with Crippen LogP contribution in [0.1, 0.15) is 19.3 Å². The van der Waals surface area contributed by atoms with Crippen LogP contribution in [0.5, 0.6) is 0 Å². The Morgan fingerprint density at radius 2 is 1.57 bits per heavy atom. The van der Waals surface area contributed by atoms with Crippen LogP contribution in [0.4, 0.5) is 5.69 Å². The number of hydrogen-bond donors (Lipinski definition) is 1. The fraction of sp³-hybridized carbons (Fsp3) is 0.316. The molecule has 1 aliphatic rings. The van der Waals surface area contributed by atoms with Crippen molar-refractivity contribution in [1.29, 1.82) is 0 Å². The zero-order valence-corrected chi connectivity index (χ0v) is 14.0. The molecular formula is C19H22N2OS. The third-order valence-electron chi connectivity index (χ3n) is 3.93. The monoisotopic (exact) mass is 326 g/mol. The maximum Gasteiger partial charge on any atom is 0.238 e. The van der Waals surface area contributed by atoms with Crippen molar-refractivity contribution in [3.63, 3.8) is 0 Å². The number of anilines is 1. The van der Waals surface area contributed by atoms with E-state index in [-0.39, 0.29) is 5.91 Å². The van der Waals surface area contributed by atoms with Gasteiger partial charge in [0, 0.05) is 15.5 Å². The average Bonchev–Trinajstić information content (AvgIpc) is 2.58. The Hall–Kier alpha value is -1.78. The van der Waals surface area contributed by atoms with E-state index < -0.39 is 0 Å². The van der Waals surface area contributed by atoms with Gasteiger partial charge in [-0.25, -0.2) is 0 Å². The van der Waals surface area contributed by atoms with E-state index in [9.17, 15) is 4.79 Å². The first-order chi connectivity index (χ1) is 11.3. The summed E-state index contributed by atoms with van der Waals surface area (Å²) in [4.78, 5) is 16.7. The van der Waals surface area contributed by atoms with Crippen LogP contribution in [0, 0.1) is 0 Å². The second-order valence-electron chi connectivity index (χ2n) is 5.82. The summed E-state index contributed by atoms with van der Waals surface area (Å²) in [5, 5.41) is 2.99. The minimum absolute atomic E-state index is 0.0790. The molecule has 1 fully saturated rings. The van der Waals surface area contributed by atoms with E-state index in [2.05, 4.69) is 22.3 Å². The van der Waals surface area contributed by atoms with Crippen LogP contribution in [-0.2, 0) is 4.79 Å². The zero-order chi connectivity index (χ0) is 15.9. The molecule has 0 bridgehead atoms. The Labute approximate surface area is 142 Å². The van der Waals surface area contributed by atoms with Crippen molar-refractivity contribution >= 4 is 23.4 Å². The van der Waals surface area contributed by atoms with Crippen LogP contribution >= 0.6 is 11.8 Å². The fourth-order valence-electron chi connectivity index (χ4n) is 2.75. The number of rotatable bonds is 5. The predicted octanol–water partition coefficient (Wildman–Crippen LogP) is 4.26. The van der Waals surface area contributed by atoms with Gasteiger partial charge < -0.3 is 5.32 Å². The van der Waals surface area contributed by atoms with Gasteiger partial charge in [0.15, 0.2) is 0 Å². The Morgan fingerprint density at radius 1 is 0.913 bits per heavy atom. The summed E-state index contributed by atoms with van der Waals surface area (Å²) in [5.41, 5.74) is 0.865. The van der Waals surface area contributed by atoms with Crippen molar-refractivity contribution < 1.29 is 4.79 Å². The summed E-state index contributed by atoms with van der Waals surface area (Å²) >= 11 is 1.72. The first-order valence-corrected chi connectivity index (χ1v) is 8.96. The van der Waals surface area contributed by atoms with Gasteiger partial charge >= 0.3 is 0 Å². The highest BCUT2D eigenvalue weighted by Gasteiger charge is 2.13. The largest absolute Gasteiger partial charge is 0.325 e. The molecule has 1 saturated heterocycles. The van der Waals surface area contributed by atoms with Gasteiger partial charge in [-0.05, 0) is 62.3 Å². The number of carbonyl (C=O) groups excluding carboxylic acids is 1. The molecule has 1 heterocycles. The van der Waals surface area contributed by atoms with Gasteiger partial charge in [0.25, 0.3) is 0 Å². The maximum absolute atomic E-state index is 12.1. The highest BCUT2D eigenvalue weighted by atomic mass is 32.2. The SMILES string of the molecule is O=C(CN1CCCCC1)Nc1ccc(Sc2ccccc2)cc1. The molecule has 0 radical (unpaired) electrons. The smallest absolute Gasteiger partial charge is 0.238 e. The zero-order valence-electron chi connectivity index (χ0n) is 13.2. The third-order valence-corrected chi connectivity index (χ3v) is 4.95. The van der Waals surface area contributed by atoms with E-state index in [1.54, 1.807) is 11.8 Å². The van der Waals surface area contributed by atoms with Crippen LogP contribution < -0.4 is 5.32 Å². The molecule has 2 aromatic carbocycles. The molecule has 4 heteroatoms. The summed E-state index contributed by atoms with van der Waals surface area (Å²) < 4.78 is 0. The van der Waals surface area contributed by atoms with Gasteiger partial charge in [0.1, 0.15) is 0 Å². The lowest BCUT2D eigenvalue weighted by molar-refractivity contribution is -0.117. The lowest BCUT2D eigenvalue weighted by Gasteiger charge is -2.25. The van der Waals surface area contributed by atoms with Crippen molar-refractivity contribution in [2.45, 2.75) is 29.1 Å². The number of nitrogens with zero attached hydrogens (tertiary/aromatic N) is 1. The predicted molar refractivity (Wildman–Crippen MR) is 95.9 cm³/mol. The molecule has 2 aromatic rings. The molecule has 1 amide bonds. The Morgan fingerprint density at radius 3 is 2.26 bits per heavy atom. The Balaban J connectivity index is 1.51. The molecule has 3 nitrogen and oxygen atoms in total. The Kier molecular flexibility index (Phi) is 5.72. The van der Waals surface area contributed by atoms with Crippen LogP contribution in [-0.4, -0.2) is 30.4 Å². The molecule has 3 rings (SSSR count). The van der Waals surface area contributed by atoms with Gasteiger partial charge in [0.05, 0.1) is 6.54 Å². The standard InChI is InChI=1S/C19H22N2OS/c22-19(15-21-13-5-2-6-14-21)20-16-9-11-18(12-10-16)23-17-7-3-1-4-8-17/h1,3-4,7-12H,2,5-6,13-15H2,(H,20,22). The van der Waals surface area contributed by atoms with Crippen molar-refractivity contribution in [2.75, 3.05) is 25.0 Å². The van der Waals surface area contributed by atoms with Crippen molar-refractivity contribution in [3.05, 3.63) is 54.6 Å². The van der Waals surface area contributed by atoms with E-state index in [1.165, 1.54) is 29.1 Å². The minimum Gasteiger partial charge on any atom is -0.325 e. The average molecular weight is 326 g/mol. The van der Waals surface area contributed by atoms with Crippen LogP contribution in [0.3, 0.4) is 0 Å². The molecule has 0 atom stereocenters. The molecule has 0 unspecified atom stereocenters. The van der Waals surface area contributed by atoms with Gasteiger partial charge in [-0.1, -0.05) is 36.4 Å². The number of benzene rings is 2. The summed E-state index contributed by atoms with van der Waals surface area (Å²) in [6.45, 7) is 2.58. The maximum atomic E-state index is 12.1. The number of piperidine rings is 1. The van der Waals surface area contributed by atoms with Gasteiger partial charge in [-0.15, -0.1) is 0 Å². The van der Waals surface area contributed by atoms with Crippen LogP contribution in [0.25, 0.3) is 0 Å². The van der Waals surface area contributed by atoms with E-state index in [0.717, 1.165) is 18.8 Å². The number of nitrogens with one attached hydrogen (secondary N) is 1. The van der Waals surface area contributed by atoms with E-state index in [0.29, 0.717) is 6.54 Å². The van der Waals surface area contributed by atoms with Crippen molar-refractivity contribution in [1.82, 2.24) is 4.90 Å². The number of amides is 1. The van der Waals surface area contributed by atoms with Gasteiger partial charge in [0.2, 0.25) is 5.91 Å². The number of likely N-dealkylation sites (tertiary alicyclic amines) is 1. The first-order valence-electron chi connectivity index (χ1n) is 8.15. The van der Waals surface area contributed by atoms with Gasteiger partial charge in [-0.2, -0.15) is 0 Å². The fourth-order valence-corrected chi connectivity index (χ4v) is 3.59. The van der Waals surface area contributed by atoms with E-state index >= 15 is 0 Å². The molecule has 1 N–H and O–H groups in total. The quantitative estimate of drug-likeness (QED) is 0.891. The molecule has 0 aromatic heterocycles. The molecule has 0 spiro atoms. The highest BCUT2D eigenvalue weighted by molar-refractivity contribution is 7.99. The molecule has 0 aliphatic carbocycles. The molecule has 120 valence electrons. The number of carbonyl (C=O) groups is 1. The summed E-state index contributed by atoms with van der Waals surface area (Å²) in [6, 6.07) is 18.3. The summed E-state index contributed by atoms with van der Waals surface area (Å²) in [7, 11) is 0. The lowest BCUT2D eigenvalue weighted by atomic mass is 10.1. The third kappa shape index (κ3) is 5.12.